The third kappa shape index (κ3) is 7.30. The zero-order valence-corrected chi connectivity index (χ0v) is 21.0. The molecule has 0 fully saturated rings. The lowest BCUT2D eigenvalue weighted by Crippen LogP contribution is -2.09. The van der Waals surface area contributed by atoms with E-state index in [1.807, 2.05) is 55.6 Å². The van der Waals surface area contributed by atoms with Crippen LogP contribution in [0.4, 0.5) is 17.1 Å². The van der Waals surface area contributed by atoms with E-state index >= 15 is 0 Å². The monoisotopic (exact) mass is 481 g/mol. The predicted molar refractivity (Wildman–Crippen MR) is 160 cm³/mol. The number of benzene rings is 3. The molecule has 0 saturated heterocycles. The van der Waals surface area contributed by atoms with Crippen molar-refractivity contribution in [1.29, 1.82) is 0 Å². The fourth-order valence-corrected chi connectivity index (χ4v) is 3.80. The zero-order chi connectivity index (χ0) is 25.7. The summed E-state index contributed by atoms with van der Waals surface area (Å²) in [6, 6.07) is 33.5. The minimum absolute atomic E-state index is 0.942. The lowest BCUT2D eigenvalue weighted by molar-refractivity contribution is 1.04. The van der Waals surface area contributed by atoms with Crippen molar-refractivity contribution in [2.75, 3.05) is 11.9 Å². The van der Waals surface area contributed by atoms with Crippen LogP contribution in [-0.2, 0) is 0 Å². The van der Waals surface area contributed by atoms with Crippen LogP contribution in [-0.4, -0.2) is 12.0 Å². The minimum atomic E-state index is 0.942. The molecule has 0 saturated carbocycles. The van der Waals surface area contributed by atoms with Gasteiger partial charge in [-0.05, 0) is 77.9 Å². The van der Waals surface area contributed by atoms with E-state index in [1.54, 1.807) is 12.3 Å². The number of pyridine rings is 1. The van der Waals surface area contributed by atoms with E-state index in [4.69, 9.17) is 0 Å². The Morgan fingerprint density at radius 3 is 1.92 bits per heavy atom. The van der Waals surface area contributed by atoms with Crippen LogP contribution < -0.4 is 10.2 Å². The lowest BCUT2D eigenvalue weighted by atomic mass is 10.1. The van der Waals surface area contributed by atoms with E-state index < -0.39 is 0 Å². The first kappa shape index (κ1) is 25.2. The van der Waals surface area contributed by atoms with Gasteiger partial charge in [0.1, 0.15) is 0 Å². The molecular weight excluding hydrogens is 450 g/mol. The second-order valence-electron chi connectivity index (χ2n) is 8.27. The highest BCUT2D eigenvalue weighted by molar-refractivity contribution is 5.78. The third-order valence-corrected chi connectivity index (χ3v) is 5.72. The predicted octanol–water partition coefficient (Wildman–Crippen LogP) is 8.58. The van der Waals surface area contributed by atoms with Crippen LogP contribution in [0.5, 0.6) is 0 Å². The zero-order valence-electron chi connectivity index (χ0n) is 21.0. The van der Waals surface area contributed by atoms with Crippen LogP contribution in [0, 0.1) is 0 Å². The van der Waals surface area contributed by atoms with Crippen LogP contribution in [0.3, 0.4) is 0 Å². The van der Waals surface area contributed by atoms with Gasteiger partial charge in [0.2, 0.25) is 0 Å². The number of para-hydroxylation sites is 1. The first-order valence-corrected chi connectivity index (χ1v) is 12.3. The molecule has 0 radical (unpaired) electrons. The smallest absolute Gasteiger partial charge is 0.0629 e. The summed E-state index contributed by atoms with van der Waals surface area (Å²) in [5.74, 6) is 0. The molecule has 0 aliphatic rings. The molecular formula is C34H31N3. The molecule has 0 aliphatic heterocycles. The maximum Gasteiger partial charge on any atom is 0.0629 e. The van der Waals surface area contributed by atoms with Crippen molar-refractivity contribution in [2.24, 2.45) is 0 Å². The quantitative estimate of drug-likeness (QED) is 0.230. The average Bonchev–Trinajstić information content (AvgIpc) is 2.96. The Kier molecular flexibility index (Phi) is 9.04. The standard InChI is InChI=1S/C34H31N3/c1-3-4-6-11-30(35-2)21-15-28-17-23-33(24-18-28)37(32-13-7-5-8-14-32)34-25-19-29(20-26-34)16-22-31-12-9-10-27-36-31/h3-27,35H,1H2,2H3/b6-4-,21-15+,22-16+,30-11-. The molecule has 1 N–H and O–H groups in total. The van der Waals surface area contributed by atoms with E-state index in [9.17, 15) is 0 Å². The first-order valence-electron chi connectivity index (χ1n) is 12.3. The van der Waals surface area contributed by atoms with Gasteiger partial charge in [0.05, 0.1) is 5.69 Å². The van der Waals surface area contributed by atoms with E-state index in [-0.39, 0.29) is 0 Å². The summed E-state index contributed by atoms with van der Waals surface area (Å²) >= 11 is 0. The molecule has 3 heteroatoms. The first-order chi connectivity index (χ1) is 18.3. The van der Waals surface area contributed by atoms with Gasteiger partial charge in [-0.2, -0.15) is 0 Å². The molecule has 0 bridgehead atoms. The van der Waals surface area contributed by atoms with Crippen molar-refractivity contribution >= 4 is 35.3 Å². The number of rotatable bonds is 10. The van der Waals surface area contributed by atoms with Crippen LogP contribution in [0.15, 0.2) is 146 Å². The van der Waals surface area contributed by atoms with Crippen molar-refractivity contribution in [3.8, 4) is 0 Å². The molecule has 0 amide bonds. The summed E-state index contributed by atoms with van der Waals surface area (Å²) in [6.07, 6.45) is 17.7. The van der Waals surface area contributed by atoms with Gasteiger partial charge >= 0.3 is 0 Å². The Morgan fingerprint density at radius 2 is 1.32 bits per heavy atom. The Labute approximate surface area is 220 Å². The van der Waals surface area contributed by atoms with E-state index in [0.29, 0.717) is 0 Å². The lowest BCUT2D eigenvalue weighted by Gasteiger charge is -2.25. The van der Waals surface area contributed by atoms with Gasteiger partial charge in [-0.1, -0.05) is 85.5 Å². The van der Waals surface area contributed by atoms with Crippen molar-refractivity contribution in [2.45, 2.75) is 0 Å². The van der Waals surface area contributed by atoms with Gasteiger partial charge in [0.15, 0.2) is 0 Å². The molecule has 1 heterocycles. The van der Waals surface area contributed by atoms with Crippen molar-refractivity contribution in [3.63, 3.8) is 0 Å². The normalized spacial score (nSPS) is 11.9. The third-order valence-electron chi connectivity index (χ3n) is 5.72. The molecule has 1 aromatic heterocycles. The highest BCUT2D eigenvalue weighted by Gasteiger charge is 2.11. The van der Waals surface area contributed by atoms with Crippen LogP contribution in [0.1, 0.15) is 16.8 Å². The van der Waals surface area contributed by atoms with E-state index in [0.717, 1.165) is 39.6 Å². The van der Waals surface area contributed by atoms with Crippen LogP contribution in [0.25, 0.3) is 18.2 Å². The number of hydrogen-bond acceptors (Lipinski definition) is 3. The summed E-state index contributed by atoms with van der Waals surface area (Å²) in [6.45, 7) is 3.70. The van der Waals surface area contributed by atoms with Gasteiger partial charge in [-0.3, -0.25) is 4.98 Å². The second-order valence-corrected chi connectivity index (χ2v) is 8.27. The van der Waals surface area contributed by atoms with Gasteiger partial charge in [-0.15, -0.1) is 0 Å². The van der Waals surface area contributed by atoms with Gasteiger partial charge in [0.25, 0.3) is 0 Å². The Balaban J connectivity index is 1.57. The number of anilines is 3. The number of allylic oxidation sites excluding steroid dienone is 5. The summed E-state index contributed by atoms with van der Waals surface area (Å²) in [5.41, 5.74) is 7.51. The maximum absolute atomic E-state index is 4.36. The Morgan fingerprint density at radius 1 is 0.703 bits per heavy atom. The molecule has 3 aromatic carbocycles. The number of aromatic nitrogens is 1. The molecule has 0 unspecified atom stereocenters. The average molecular weight is 482 g/mol. The summed E-state index contributed by atoms with van der Waals surface area (Å²) in [4.78, 5) is 6.62. The van der Waals surface area contributed by atoms with Gasteiger partial charge in [-0.25, -0.2) is 0 Å². The SMILES string of the molecule is C=C\C=C/C=C(/C=C/c1ccc(N(c2ccccc2)c2ccc(/C=C/c3ccccn3)cc2)cc1)NC. The number of nitrogens with zero attached hydrogens (tertiary/aromatic N) is 2. The van der Waals surface area contributed by atoms with E-state index in [1.165, 1.54) is 0 Å². The Hall–Kier alpha value is -4.89. The molecule has 0 spiro atoms. The molecule has 4 rings (SSSR count). The van der Waals surface area contributed by atoms with Crippen LogP contribution in [0.2, 0.25) is 0 Å². The van der Waals surface area contributed by atoms with Gasteiger partial charge in [0, 0.05) is 36.0 Å². The maximum atomic E-state index is 4.36. The number of likely N-dealkylation sites (N-methyl/N-ethyl adjacent to an activating group) is 1. The fraction of sp³-hybridized carbons (Fsp3) is 0.0294. The molecule has 3 nitrogen and oxygen atoms in total. The highest BCUT2D eigenvalue weighted by atomic mass is 15.1. The minimum Gasteiger partial charge on any atom is -0.388 e. The van der Waals surface area contributed by atoms with Crippen molar-refractivity contribution in [1.82, 2.24) is 10.3 Å². The number of hydrogen-bond donors (Lipinski definition) is 1. The molecule has 182 valence electrons. The largest absolute Gasteiger partial charge is 0.388 e. The van der Waals surface area contributed by atoms with Gasteiger partial charge < -0.3 is 10.2 Å². The molecule has 4 aromatic rings. The van der Waals surface area contributed by atoms with Crippen LogP contribution >= 0.6 is 0 Å². The summed E-state index contributed by atoms with van der Waals surface area (Å²) in [7, 11) is 1.92. The topological polar surface area (TPSA) is 28.2 Å². The molecule has 0 aliphatic carbocycles. The summed E-state index contributed by atoms with van der Waals surface area (Å²) in [5, 5.41) is 3.20. The Bertz CT molecular complexity index is 1380. The highest BCUT2D eigenvalue weighted by Crippen LogP contribution is 2.34. The van der Waals surface area contributed by atoms with Crippen molar-refractivity contribution in [3.05, 3.63) is 163 Å². The molecule has 37 heavy (non-hydrogen) atoms. The van der Waals surface area contributed by atoms with Crippen molar-refractivity contribution < 1.29 is 0 Å². The number of nitrogens with one attached hydrogen (secondary N) is 1. The molecule has 0 atom stereocenters. The summed E-state index contributed by atoms with van der Waals surface area (Å²) < 4.78 is 0. The van der Waals surface area contributed by atoms with E-state index in [2.05, 4.69) is 113 Å². The fourth-order valence-electron chi connectivity index (χ4n) is 3.80. The second kappa shape index (κ2) is 13.3.